The van der Waals surface area contributed by atoms with Crippen LogP contribution in [0, 0.1) is 10.1 Å². The van der Waals surface area contributed by atoms with Crippen molar-refractivity contribution in [2.24, 2.45) is 0 Å². The van der Waals surface area contributed by atoms with Crippen molar-refractivity contribution in [1.82, 2.24) is 4.90 Å². The summed E-state index contributed by atoms with van der Waals surface area (Å²) in [7, 11) is 1.28. The van der Waals surface area contributed by atoms with Crippen molar-refractivity contribution in [1.29, 1.82) is 0 Å². The second-order valence-corrected chi connectivity index (χ2v) is 5.14. The highest BCUT2D eigenvalue weighted by molar-refractivity contribution is 7.17. The topological polar surface area (TPSA) is 89.8 Å². The molecule has 0 spiro atoms. The number of nitrogens with zero attached hydrogens (tertiary/aromatic N) is 2. The lowest BCUT2D eigenvalue weighted by molar-refractivity contribution is -0.380. The van der Waals surface area contributed by atoms with Crippen molar-refractivity contribution in [3.63, 3.8) is 0 Å². The number of amides is 1. The number of nitro groups is 1. The SMILES string of the molecule is COC(=O)[C@H]1CCCN1C(=O)c1ccc([N+](=O)[O-])s1. The molecule has 2 rings (SSSR count). The van der Waals surface area contributed by atoms with Gasteiger partial charge in [0.2, 0.25) is 0 Å². The first-order valence-electron chi connectivity index (χ1n) is 5.67. The molecular weight excluding hydrogens is 272 g/mol. The summed E-state index contributed by atoms with van der Waals surface area (Å²) in [5.74, 6) is -0.803. The molecule has 0 aliphatic carbocycles. The Hall–Kier alpha value is -1.96. The van der Waals surface area contributed by atoms with Gasteiger partial charge in [0.1, 0.15) is 6.04 Å². The van der Waals surface area contributed by atoms with E-state index < -0.39 is 16.9 Å². The highest BCUT2D eigenvalue weighted by atomic mass is 32.1. The fourth-order valence-electron chi connectivity index (χ4n) is 2.07. The Morgan fingerprint density at radius 1 is 1.53 bits per heavy atom. The fourth-order valence-corrected chi connectivity index (χ4v) is 2.85. The smallest absolute Gasteiger partial charge is 0.328 e. The number of rotatable bonds is 3. The summed E-state index contributed by atoms with van der Waals surface area (Å²) in [5, 5.41) is 10.5. The van der Waals surface area contributed by atoms with Gasteiger partial charge in [-0.2, -0.15) is 0 Å². The van der Waals surface area contributed by atoms with Gasteiger partial charge in [0, 0.05) is 12.6 Å². The summed E-state index contributed by atoms with van der Waals surface area (Å²) in [6.07, 6.45) is 1.28. The minimum absolute atomic E-state index is 0.0860. The summed E-state index contributed by atoms with van der Waals surface area (Å²) in [6, 6.07) is 2.12. The maximum Gasteiger partial charge on any atom is 0.328 e. The van der Waals surface area contributed by atoms with Gasteiger partial charge in [0.25, 0.3) is 5.91 Å². The van der Waals surface area contributed by atoms with Crippen LogP contribution in [0.25, 0.3) is 0 Å². The predicted octanol–water partition coefficient (Wildman–Crippen LogP) is 1.43. The zero-order valence-corrected chi connectivity index (χ0v) is 11.0. The van der Waals surface area contributed by atoms with E-state index >= 15 is 0 Å². The number of hydrogen-bond donors (Lipinski definition) is 0. The third kappa shape index (κ3) is 2.58. The maximum absolute atomic E-state index is 12.2. The standard InChI is InChI=1S/C11H12N2O5S/c1-18-11(15)7-3-2-6-12(7)10(14)8-4-5-9(19-8)13(16)17/h4-5,7H,2-3,6H2,1H3/t7-/m1/s1. The van der Waals surface area contributed by atoms with Crippen molar-refractivity contribution in [2.75, 3.05) is 13.7 Å². The summed E-state index contributed by atoms with van der Waals surface area (Å²) in [6.45, 7) is 0.463. The van der Waals surface area contributed by atoms with Crippen molar-refractivity contribution >= 4 is 28.2 Å². The molecule has 2 heterocycles. The molecule has 1 fully saturated rings. The summed E-state index contributed by atoms with van der Waals surface area (Å²) >= 11 is 0.815. The number of thiophene rings is 1. The molecule has 102 valence electrons. The molecule has 19 heavy (non-hydrogen) atoms. The first-order chi connectivity index (χ1) is 9.04. The molecule has 7 nitrogen and oxygen atoms in total. The molecule has 0 N–H and O–H groups in total. The second-order valence-electron chi connectivity index (χ2n) is 4.07. The molecule has 1 aliphatic rings. The van der Waals surface area contributed by atoms with Gasteiger partial charge in [-0.15, -0.1) is 0 Å². The van der Waals surface area contributed by atoms with Gasteiger partial charge in [-0.3, -0.25) is 14.9 Å². The molecule has 1 saturated heterocycles. The number of esters is 1. The van der Waals surface area contributed by atoms with Crippen LogP contribution in [0.2, 0.25) is 0 Å². The third-order valence-corrected chi connectivity index (χ3v) is 3.99. The van der Waals surface area contributed by atoms with Gasteiger partial charge in [0.15, 0.2) is 0 Å². The maximum atomic E-state index is 12.2. The monoisotopic (exact) mass is 284 g/mol. The zero-order valence-electron chi connectivity index (χ0n) is 10.2. The highest BCUT2D eigenvalue weighted by Crippen LogP contribution is 2.28. The molecule has 1 atom stereocenters. The van der Waals surface area contributed by atoms with Crippen LogP contribution < -0.4 is 0 Å². The van der Waals surface area contributed by atoms with E-state index in [4.69, 9.17) is 0 Å². The van der Waals surface area contributed by atoms with E-state index in [9.17, 15) is 19.7 Å². The molecule has 1 aromatic rings. The highest BCUT2D eigenvalue weighted by Gasteiger charge is 2.36. The number of likely N-dealkylation sites (tertiary alicyclic amines) is 1. The zero-order chi connectivity index (χ0) is 14.0. The molecule has 0 aromatic carbocycles. The number of carbonyl (C=O) groups excluding carboxylic acids is 2. The first-order valence-corrected chi connectivity index (χ1v) is 6.49. The minimum atomic E-state index is -0.585. The van der Waals surface area contributed by atoms with Gasteiger partial charge >= 0.3 is 11.0 Å². The summed E-state index contributed by atoms with van der Waals surface area (Å²) < 4.78 is 4.66. The van der Waals surface area contributed by atoms with Gasteiger partial charge < -0.3 is 9.64 Å². The molecule has 1 aromatic heterocycles. The summed E-state index contributed by atoms with van der Waals surface area (Å²) in [5.41, 5.74) is 0. The largest absolute Gasteiger partial charge is 0.467 e. The summed E-state index contributed by atoms with van der Waals surface area (Å²) in [4.78, 5) is 35.5. The number of carbonyl (C=O) groups is 2. The Morgan fingerprint density at radius 3 is 2.84 bits per heavy atom. The van der Waals surface area contributed by atoms with Crippen molar-refractivity contribution in [2.45, 2.75) is 18.9 Å². The normalized spacial score (nSPS) is 18.4. The molecule has 0 bridgehead atoms. The van der Waals surface area contributed by atoms with Crippen LogP contribution in [-0.2, 0) is 9.53 Å². The second kappa shape index (κ2) is 5.35. The van der Waals surface area contributed by atoms with Crippen molar-refractivity contribution < 1.29 is 19.2 Å². The van der Waals surface area contributed by atoms with E-state index in [2.05, 4.69) is 4.74 Å². The van der Waals surface area contributed by atoms with Gasteiger partial charge in [-0.25, -0.2) is 4.79 Å². The molecule has 8 heteroatoms. The number of methoxy groups -OCH3 is 1. The van der Waals surface area contributed by atoms with E-state index in [0.29, 0.717) is 13.0 Å². The molecule has 1 amide bonds. The third-order valence-electron chi connectivity index (χ3n) is 2.97. The fraction of sp³-hybridized carbons (Fsp3) is 0.455. The molecular formula is C11H12N2O5S. The van der Waals surface area contributed by atoms with Crippen LogP contribution in [0.1, 0.15) is 22.5 Å². The molecule has 0 unspecified atom stereocenters. The molecule has 0 saturated carbocycles. The van der Waals surface area contributed by atoms with Crippen LogP contribution in [0.15, 0.2) is 12.1 Å². The lowest BCUT2D eigenvalue weighted by Gasteiger charge is -2.21. The Bertz CT molecular complexity index is 527. The Balaban J connectivity index is 2.18. The van der Waals surface area contributed by atoms with Crippen molar-refractivity contribution in [3.05, 3.63) is 27.1 Å². The lowest BCUT2D eigenvalue weighted by atomic mass is 10.2. The average molecular weight is 284 g/mol. The van der Waals surface area contributed by atoms with Crippen LogP contribution >= 0.6 is 11.3 Å². The van der Waals surface area contributed by atoms with Crippen LogP contribution in [0.3, 0.4) is 0 Å². The lowest BCUT2D eigenvalue weighted by Crippen LogP contribution is -2.40. The van der Waals surface area contributed by atoms with Crippen LogP contribution in [0.5, 0.6) is 0 Å². The number of ether oxygens (including phenoxy) is 1. The Morgan fingerprint density at radius 2 is 2.26 bits per heavy atom. The predicted molar refractivity (Wildman–Crippen MR) is 67.0 cm³/mol. The van der Waals surface area contributed by atoms with Crippen LogP contribution in [0.4, 0.5) is 5.00 Å². The average Bonchev–Trinajstić information content (AvgIpc) is 3.05. The van der Waals surface area contributed by atoms with Crippen LogP contribution in [-0.4, -0.2) is 41.4 Å². The first kappa shape index (κ1) is 13.5. The van der Waals surface area contributed by atoms with Gasteiger partial charge in [0.05, 0.1) is 16.9 Å². The Kier molecular flexibility index (Phi) is 3.79. The molecule has 0 radical (unpaired) electrons. The molecule has 1 aliphatic heterocycles. The van der Waals surface area contributed by atoms with E-state index in [1.165, 1.54) is 24.1 Å². The van der Waals surface area contributed by atoms with Crippen molar-refractivity contribution in [3.8, 4) is 0 Å². The van der Waals surface area contributed by atoms with E-state index in [-0.39, 0.29) is 15.8 Å². The Labute approximate surface area is 112 Å². The quantitative estimate of drug-likeness (QED) is 0.476. The van der Waals surface area contributed by atoms with E-state index in [1.807, 2.05) is 0 Å². The minimum Gasteiger partial charge on any atom is -0.467 e. The van der Waals surface area contributed by atoms with E-state index in [1.54, 1.807) is 0 Å². The van der Waals surface area contributed by atoms with Gasteiger partial charge in [-0.05, 0) is 18.9 Å². The van der Waals surface area contributed by atoms with Gasteiger partial charge in [-0.1, -0.05) is 11.3 Å². The number of hydrogen-bond acceptors (Lipinski definition) is 6. The van der Waals surface area contributed by atoms with E-state index in [0.717, 1.165) is 17.8 Å².